The van der Waals surface area contributed by atoms with Gasteiger partial charge in [0.05, 0.1) is 6.26 Å². The van der Waals surface area contributed by atoms with Gasteiger partial charge in [0, 0.05) is 37.5 Å². The molecule has 170 valence electrons. The summed E-state index contributed by atoms with van der Waals surface area (Å²) < 4.78 is 5.32. The van der Waals surface area contributed by atoms with Crippen LogP contribution in [0.25, 0.3) is 11.6 Å². The Kier molecular flexibility index (Phi) is 8.73. The van der Waals surface area contributed by atoms with Crippen LogP contribution in [0, 0.1) is 5.92 Å². The largest absolute Gasteiger partial charge is 0.461 e. The van der Waals surface area contributed by atoms with Crippen molar-refractivity contribution >= 4 is 35.8 Å². The lowest BCUT2D eigenvalue weighted by atomic mass is 9.85. The molecular formula is C21H32IN7O2. The molecule has 2 atom stereocenters. The molecule has 10 heteroatoms. The van der Waals surface area contributed by atoms with E-state index in [1.165, 1.54) is 0 Å². The first-order chi connectivity index (χ1) is 14.7. The summed E-state index contributed by atoms with van der Waals surface area (Å²) in [6.07, 6.45) is 8.49. The minimum atomic E-state index is 0. The molecule has 2 fully saturated rings. The number of halogens is 1. The van der Waals surface area contributed by atoms with Gasteiger partial charge in [-0.05, 0) is 51.2 Å². The van der Waals surface area contributed by atoms with Gasteiger partial charge in [0.2, 0.25) is 11.7 Å². The van der Waals surface area contributed by atoms with Crippen LogP contribution in [0.5, 0.6) is 0 Å². The van der Waals surface area contributed by atoms with E-state index < -0.39 is 0 Å². The van der Waals surface area contributed by atoms with Crippen LogP contribution in [-0.2, 0) is 11.2 Å². The van der Waals surface area contributed by atoms with E-state index in [1.54, 1.807) is 6.26 Å². The zero-order chi connectivity index (χ0) is 20.8. The molecule has 2 aromatic rings. The number of nitrogens with one attached hydrogen (secondary N) is 4. The number of aromatic amines is 1. The van der Waals surface area contributed by atoms with E-state index in [9.17, 15) is 4.79 Å². The van der Waals surface area contributed by atoms with Crippen LogP contribution in [0.4, 0.5) is 0 Å². The maximum atomic E-state index is 12.4. The summed E-state index contributed by atoms with van der Waals surface area (Å²) >= 11 is 0. The third kappa shape index (κ3) is 6.94. The monoisotopic (exact) mass is 541 g/mol. The van der Waals surface area contributed by atoms with Crippen LogP contribution in [-0.4, -0.2) is 52.2 Å². The number of carbonyl (C=O) groups is 1. The van der Waals surface area contributed by atoms with Crippen LogP contribution in [0.1, 0.15) is 51.3 Å². The standard InChI is InChI=1S/C21H31N7O2.HI/c1-2-22-21(23-11-10-18-26-19(28-27-18)17-7-4-12-30-17)25-16-6-3-5-14(13-16)20(29)24-15-8-9-15;/h4,7,12,14-16H,2-3,5-6,8-11,13H2,1H3,(H,24,29)(H2,22,23,25)(H,26,27,28);1H. The zero-order valence-electron chi connectivity index (χ0n) is 17.9. The Morgan fingerprint density at radius 1 is 1.26 bits per heavy atom. The molecule has 2 aliphatic carbocycles. The minimum absolute atomic E-state index is 0. The van der Waals surface area contributed by atoms with Crippen molar-refractivity contribution in [3.05, 3.63) is 24.2 Å². The quantitative estimate of drug-likeness (QED) is 0.232. The fraction of sp³-hybridized carbons (Fsp3) is 0.619. The second-order valence-electron chi connectivity index (χ2n) is 8.08. The van der Waals surface area contributed by atoms with Crippen molar-refractivity contribution in [2.45, 2.75) is 64.0 Å². The molecule has 4 N–H and O–H groups in total. The normalized spacial score (nSPS) is 21.3. The van der Waals surface area contributed by atoms with Crippen molar-refractivity contribution in [1.29, 1.82) is 0 Å². The maximum absolute atomic E-state index is 12.4. The molecule has 2 saturated carbocycles. The first-order valence-corrected chi connectivity index (χ1v) is 11.0. The number of hydrogen-bond acceptors (Lipinski definition) is 5. The second kappa shape index (κ2) is 11.5. The lowest BCUT2D eigenvalue weighted by molar-refractivity contribution is -0.126. The predicted octanol–water partition coefficient (Wildman–Crippen LogP) is 2.62. The number of carbonyl (C=O) groups excluding carboxylic acids is 1. The Bertz CT molecular complexity index is 848. The molecule has 0 radical (unpaired) electrons. The van der Waals surface area contributed by atoms with E-state index in [1.807, 2.05) is 12.1 Å². The van der Waals surface area contributed by atoms with Crippen LogP contribution in [0.15, 0.2) is 27.8 Å². The van der Waals surface area contributed by atoms with Crippen molar-refractivity contribution in [3.63, 3.8) is 0 Å². The van der Waals surface area contributed by atoms with Gasteiger partial charge in [0.15, 0.2) is 11.7 Å². The molecule has 2 aromatic heterocycles. The van der Waals surface area contributed by atoms with Gasteiger partial charge in [0.25, 0.3) is 0 Å². The number of nitrogens with zero attached hydrogens (tertiary/aromatic N) is 3. The number of guanidine groups is 1. The van der Waals surface area contributed by atoms with E-state index >= 15 is 0 Å². The molecule has 0 bridgehead atoms. The van der Waals surface area contributed by atoms with E-state index in [2.05, 4.69) is 43.0 Å². The molecule has 2 heterocycles. The molecule has 31 heavy (non-hydrogen) atoms. The number of aliphatic imine (C=N–C) groups is 1. The lowest BCUT2D eigenvalue weighted by Crippen LogP contribution is -2.47. The van der Waals surface area contributed by atoms with Gasteiger partial charge in [-0.1, -0.05) is 6.42 Å². The first kappa shape index (κ1) is 23.6. The summed E-state index contributed by atoms with van der Waals surface area (Å²) in [5.41, 5.74) is 0. The maximum Gasteiger partial charge on any atom is 0.223 e. The van der Waals surface area contributed by atoms with Crippen molar-refractivity contribution in [2.75, 3.05) is 13.1 Å². The predicted molar refractivity (Wildman–Crippen MR) is 129 cm³/mol. The number of rotatable bonds is 8. The van der Waals surface area contributed by atoms with Crippen LogP contribution in [0.3, 0.4) is 0 Å². The molecule has 2 unspecified atom stereocenters. The molecule has 4 rings (SSSR count). The molecule has 0 saturated heterocycles. The third-order valence-corrected chi connectivity index (χ3v) is 5.55. The van der Waals surface area contributed by atoms with Gasteiger partial charge in [-0.15, -0.1) is 24.0 Å². The Morgan fingerprint density at radius 2 is 2.13 bits per heavy atom. The smallest absolute Gasteiger partial charge is 0.223 e. The van der Waals surface area contributed by atoms with Gasteiger partial charge in [-0.25, -0.2) is 4.98 Å². The molecule has 0 aromatic carbocycles. The SMILES string of the molecule is CCNC(=NCCc1nc(-c2ccco2)n[nH]1)NC1CCCC(C(=O)NC2CC2)C1.I. The van der Waals surface area contributed by atoms with Crippen LogP contribution >= 0.6 is 24.0 Å². The summed E-state index contributed by atoms with van der Waals surface area (Å²) in [4.78, 5) is 21.6. The highest BCUT2D eigenvalue weighted by Gasteiger charge is 2.31. The highest BCUT2D eigenvalue weighted by Crippen LogP contribution is 2.26. The first-order valence-electron chi connectivity index (χ1n) is 11.0. The fourth-order valence-electron chi connectivity index (χ4n) is 3.82. The number of aromatic nitrogens is 3. The molecule has 0 spiro atoms. The molecule has 0 aliphatic heterocycles. The van der Waals surface area contributed by atoms with Crippen molar-refractivity contribution in [3.8, 4) is 11.6 Å². The van der Waals surface area contributed by atoms with Gasteiger partial charge in [-0.3, -0.25) is 14.9 Å². The van der Waals surface area contributed by atoms with Gasteiger partial charge in [-0.2, -0.15) is 5.10 Å². The molecule has 2 aliphatic rings. The van der Waals surface area contributed by atoms with E-state index in [0.717, 1.165) is 56.9 Å². The molecular weight excluding hydrogens is 509 g/mol. The Morgan fingerprint density at radius 3 is 2.87 bits per heavy atom. The van der Waals surface area contributed by atoms with Crippen molar-refractivity contribution in [2.24, 2.45) is 10.9 Å². The van der Waals surface area contributed by atoms with Gasteiger partial charge < -0.3 is 20.4 Å². The third-order valence-electron chi connectivity index (χ3n) is 5.55. The zero-order valence-corrected chi connectivity index (χ0v) is 20.2. The van der Waals surface area contributed by atoms with Crippen molar-refractivity contribution in [1.82, 2.24) is 31.1 Å². The van der Waals surface area contributed by atoms with Crippen LogP contribution < -0.4 is 16.0 Å². The number of furan rings is 1. The Hall–Kier alpha value is -2.11. The minimum Gasteiger partial charge on any atom is -0.461 e. The second-order valence-corrected chi connectivity index (χ2v) is 8.08. The summed E-state index contributed by atoms with van der Waals surface area (Å²) in [6.45, 7) is 3.42. The van der Waals surface area contributed by atoms with E-state index in [4.69, 9.17) is 4.42 Å². The fourth-order valence-corrected chi connectivity index (χ4v) is 3.82. The van der Waals surface area contributed by atoms with E-state index in [0.29, 0.717) is 30.6 Å². The summed E-state index contributed by atoms with van der Waals surface area (Å²) in [7, 11) is 0. The highest BCUT2D eigenvalue weighted by molar-refractivity contribution is 14.0. The highest BCUT2D eigenvalue weighted by atomic mass is 127. The summed E-state index contributed by atoms with van der Waals surface area (Å²) in [6, 6.07) is 4.34. The van der Waals surface area contributed by atoms with Crippen LogP contribution in [0.2, 0.25) is 0 Å². The lowest BCUT2D eigenvalue weighted by Gasteiger charge is -2.30. The number of H-pyrrole nitrogens is 1. The van der Waals surface area contributed by atoms with Gasteiger partial charge >= 0.3 is 0 Å². The van der Waals surface area contributed by atoms with Crippen molar-refractivity contribution < 1.29 is 9.21 Å². The topological polar surface area (TPSA) is 120 Å². The van der Waals surface area contributed by atoms with Gasteiger partial charge in [0.1, 0.15) is 5.82 Å². The number of amides is 1. The molecule has 9 nitrogen and oxygen atoms in total. The summed E-state index contributed by atoms with van der Waals surface area (Å²) in [5, 5.41) is 17.1. The number of hydrogen-bond donors (Lipinski definition) is 4. The Labute approximate surface area is 199 Å². The average Bonchev–Trinajstić information content (AvgIpc) is 3.19. The summed E-state index contributed by atoms with van der Waals surface area (Å²) in [5.74, 6) is 3.10. The Balaban J connectivity index is 0.00000272. The molecule has 1 amide bonds. The average molecular weight is 541 g/mol. The van der Waals surface area contributed by atoms with E-state index in [-0.39, 0.29) is 41.8 Å².